The van der Waals surface area contributed by atoms with Gasteiger partial charge in [-0.3, -0.25) is 14.2 Å². The first-order chi connectivity index (χ1) is 13.9. The van der Waals surface area contributed by atoms with Crippen LogP contribution in [0.4, 0.5) is 5.69 Å². The summed E-state index contributed by atoms with van der Waals surface area (Å²) in [5.41, 5.74) is 1.55. The number of fused-ring (bicyclic) bond motifs is 1. The molecule has 0 fully saturated rings. The summed E-state index contributed by atoms with van der Waals surface area (Å²) >= 11 is 7.07. The van der Waals surface area contributed by atoms with Crippen molar-refractivity contribution >= 4 is 44.7 Å². The number of hydrogen-bond acceptors (Lipinski definition) is 5. The van der Waals surface area contributed by atoms with Gasteiger partial charge in [0.1, 0.15) is 10.6 Å². The molecule has 6 nitrogen and oxygen atoms in total. The Morgan fingerprint density at radius 2 is 2.00 bits per heavy atom. The van der Waals surface area contributed by atoms with E-state index in [0.29, 0.717) is 32.2 Å². The number of rotatable bonds is 4. The highest BCUT2D eigenvalue weighted by atomic mass is 35.5. The van der Waals surface area contributed by atoms with Crippen molar-refractivity contribution in [3.8, 4) is 5.75 Å². The molecule has 0 unspecified atom stereocenters. The van der Waals surface area contributed by atoms with Crippen LogP contribution in [0.3, 0.4) is 0 Å². The van der Waals surface area contributed by atoms with Gasteiger partial charge in [0.25, 0.3) is 11.5 Å². The Bertz CT molecular complexity index is 1280. The fraction of sp³-hybridized carbons (Fsp3) is 0.0952. The van der Waals surface area contributed by atoms with Gasteiger partial charge in [0.05, 0.1) is 28.8 Å². The van der Waals surface area contributed by atoms with Crippen LogP contribution < -0.4 is 10.9 Å². The quantitative estimate of drug-likeness (QED) is 0.474. The number of phenolic OH excluding ortho intramolecular Hbond substituents is 1. The molecule has 0 spiro atoms. The van der Waals surface area contributed by atoms with E-state index in [0.717, 1.165) is 16.9 Å². The number of thiophene rings is 1. The SMILES string of the molecule is Cc1c(C(=O)Nc2cc(Cl)ccc2O)sc2ncn(Cc3ccccc3)c(=O)c12. The van der Waals surface area contributed by atoms with Gasteiger partial charge < -0.3 is 10.4 Å². The van der Waals surface area contributed by atoms with Gasteiger partial charge in [0, 0.05) is 5.02 Å². The summed E-state index contributed by atoms with van der Waals surface area (Å²) in [4.78, 5) is 31.0. The van der Waals surface area contributed by atoms with Gasteiger partial charge in [-0.25, -0.2) is 4.98 Å². The summed E-state index contributed by atoms with van der Waals surface area (Å²) in [6, 6.07) is 14.0. The minimum absolute atomic E-state index is 0.0927. The Morgan fingerprint density at radius 1 is 1.24 bits per heavy atom. The molecule has 0 aliphatic rings. The lowest BCUT2D eigenvalue weighted by atomic mass is 10.2. The highest BCUT2D eigenvalue weighted by molar-refractivity contribution is 7.20. The molecule has 0 atom stereocenters. The summed E-state index contributed by atoms with van der Waals surface area (Å²) in [6.07, 6.45) is 1.50. The molecule has 0 radical (unpaired) electrons. The van der Waals surface area contributed by atoms with Crippen molar-refractivity contribution in [1.29, 1.82) is 0 Å². The maximum atomic E-state index is 13.0. The molecule has 0 saturated carbocycles. The molecule has 2 N–H and O–H groups in total. The Hall–Kier alpha value is -3.16. The number of anilines is 1. The minimum Gasteiger partial charge on any atom is -0.506 e. The van der Waals surface area contributed by atoms with Crippen molar-refractivity contribution in [3.63, 3.8) is 0 Å². The van der Waals surface area contributed by atoms with Gasteiger partial charge in [-0.2, -0.15) is 0 Å². The normalized spacial score (nSPS) is 11.0. The molecule has 2 aromatic heterocycles. The van der Waals surface area contributed by atoms with E-state index >= 15 is 0 Å². The molecule has 8 heteroatoms. The second-order valence-electron chi connectivity index (χ2n) is 6.52. The number of nitrogens with one attached hydrogen (secondary N) is 1. The Balaban J connectivity index is 1.70. The number of phenols is 1. The van der Waals surface area contributed by atoms with E-state index in [1.807, 2.05) is 30.3 Å². The Labute approximate surface area is 175 Å². The molecule has 2 aromatic carbocycles. The fourth-order valence-electron chi connectivity index (χ4n) is 3.06. The van der Waals surface area contributed by atoms with Crippen LogP contribution in [-0.2, 0) is 6.54 Å². The molecule has 0 bridgehead atoms. The van der Waals surface area contributed by atoms with Gasteiger partial charge in [0.2, 0.25) is 0 Å². The van der Waals surface area contributed by atoms with Gasteiger partial charge >= 0.3 is 0 Å². The predicted octanol–water partition coefficient (Wildman–Crippen LogP) is 4.43. The second-order valence-corrected chi connectivity index (χ2v) is 7.95. The van der Waals surface area contributed by atoms with Crippen LogP contribution in [0.25, 0.3) is 10.2 Å². The monoisotopic (exact) mass is 425 g/mol. The van der Waals surface area contributed by atoms with E-state index < -0.39 is 5.91 Å². The van der Waals surface area contributed by atoms with E-state index in [4.69, 9.17) is 11.6 Å². The summed E-state index contributed by atoms with van der Waals surface area (Å²) in [7, 11) is 0. The van der Waals surface area contributed by atoms with Gasteiger partial charge in [0.15, 0.2) is 0 Å². The molecular weight excluding hydrogens is 410 g/mol. The largest absolute Gasteiger partial charge is 0.506 e. The zero-order valence-electron chi connectivity index (χ0n) is 15.3. The number of nitrogens with zero attached hydrogens (tertiary/aromatic N) is 2. The van der Waals surface area contributed by atoms with Gasteiger partial charge in [-0.15, -0.1) is 11.3 Å². The first kappa shape index (κ1) is 19.2. The number of benzene rings is 2. The van der Waals surface area contributed by atoms with Crippen LogP contribution in [0.5, 0.6) is 5.75 Å². The maximum Gasteiger partial charge on any atom is 0.266 e. The lowest BCUT2D eigenvalue weighted by Crippen LogP contribution is -2.21. The second kappa shape index (κ2) is 7.69. The molecule has 2 heterocycles. The molecule has 0 saturated heterocycles. The van der Waals surface area contributed by atoms with Crippen LogP contribution >= 0.6 is 22.9 Å². The molecule has 4 rings (SSSR count). The first-order valence-corrected chi connectivity index (χ1v) is 9.96. The highest BCUT2D eigenvalue weighted by Gasteiger charge is 2.20. The smallest absolute Gasteiger partial charge is 0.266 e. The van der Waals surface area contributed by atoms with Crippen molar-refractivity contribution in [2.24, 2.45) is 0 Å². The zero-order valence-corrected chi connectivity index (χ0v) is 16.9. The van der Waals surface area contributed by atoms with E-state index in [9.17, 15) is 14.7 Å². The van der Waals surface area contributed by atoms with E-state index in [1.54, 1.807) is 6.92 Å². The van der Waals surface area contributed by atoms with Crippen molar-refractivity contribution in [1.82, 2.24) is 9.55 Å². The molecule has 146 valence electrons. The number of amides is 1. The van der Waals surface area contributed by atoms with E-state index in [-0.39, 0.29) is 17.0 Å². The molecule has 4 aromatic rings. The first-order valence-electron chi connectivity index (χ1n) is 8.76. The van der Waals surface area contributed by atoms with Crippen LogP contribution in [0.15, 0.2) is 59.7 Å². The molecule has 0 aliphatic heterocycles. The lowest BCUT2D eigenvalue weighted by molar-refractivity contribution is 0.102. The van der Waals surface area contributed by atoms with Crippen molar-refractivity contribution < 1.29 is 9.90 Å². The molecule has 0 aliphatic carbocycles. The van der Waals surface area contributed by atoms with E-state index in [2.05, 4.69) is 10.3 Å². The number of hydrogen-bond donors (Lipinski definition) is 2. The molecule has 1 amide bonds. The number of aromatic hydroxyl groups is 1. The van der Waals surface area contributed by atoms with Crippen LogP contribution in [-0.4, -0.2) is 20.6 Å². The van der Waals surface area contributed by atoms with Gasteiger partial charge in [-0.05, 0) is 36.2 Å². The number of carbonyl (C=O) groups excluding carboxylic acids is 1. The topological polar surface area (TPSA) is 84.2 Å². The maximum absolute atomic E-state index is 13.0. The summed E-state index contributed by atoms with van der Waals surface area (Å²) in [5.74, 6) is -0.526. The summed E-state index contributed by atoms with van der Waals surface area (Å²) < 4.78 is 1.53. The number of carbonyl (C=O) groups is 1. The highest BCUT2D eigenvalue weighted by Crippen LogP contribution is 2.30. The molecule has 29 heavy (non-hydrogen) atoms. The van der Waals surface area contributed by atoms with Crippen LogP contribution in [0.1, 0.15) is 20.8 Å². The summed E-state index contributed by atoms with van der Waals surface area (Å²) in [5, 5.41) is 13.4. The van der Waals surface area contributed by atoms with Gasteiger partial charge in [-0.1, -0.05) is 41.9 Å². The lowest BCUT2D eigenvalue weighted by Gasteiger charge is -2.07. The standard InChI is InChI=1S/C21H16ClN3O3S/c1-12-17-20(23-11-25(21(17)28)10-13-5-3-2-4-6-13)29-18(12)19(27)24-15-9-14(22)7-8-16(15)26/h2-9,11,26H,10H2,1H3,(H,24,27). The third-order valence-electron chi connectivity index (χ3n) is 4.53. The van der Waals surface area contributed by atoms with Crippen LogP contribution in [0.2, 0.25) is 5.02 Å². The average molecular weight is 426 g/mol. The summed E-state index contributed by atoms with van der Waals surface area (Å²) in [6.45, 7) is 2.12. The zero-order chi connectivity index (χ0) is 20.5. The third-order valence-corrected chi connectivity index (χ3v) is 5.96. The number of halogens is 1. The van der Waals surface area contributed by atoms with Crippen molar-refractivity contribution in [2.75, 3.05) is 5.32 Å². The van der Waals surface area contributed by atoms with E-state index in [1.165, 1.54) is 29.1 Å². The molecular formula is C21H16ClN3O3S. The van der Waals surface area contributed by atoms with Crippen molar-refractivity contribution in [3.05, 3.63) is 86.2 Å². The fourth-order valence-corrected chi connectivity index (χ4v) is 4.26. The van der Waals surface area contributed by atoms with Crippen LogP contribution in [0, 0.1) is 6.92 Å². The predicted molar refractivity (Wildman–Crippen MR) is 115 cm³/mol. The average Bonchev–Trinajstić information content (AvgIpc) is 3.05. The minimum atomic E-state index is -0.433. The number of aryl methyl sites for hydroxylation is 1. The third kappa shape index (κ3) is 3.74. The van der Waals surface area contributed by atoms with Crippen molar-refractivity contribution in [2.45, 2.75) is 13.5 Å². The Kier molecular flexibility index (Phi) is 5.08. The Morgan fingerprint density at radius 3 is 2.76 bits per heavy atom. The number of aromatic nitrogens is 2.